The number of benzene rings is 1. The van der Waals surface area contributed by atoms with Crippen LogP contribution in [-0.4, -0.2) is 18.5 Å². The lowest BCUT2D eigenvalue weighted by Crippen LogP contribution is -2.16. The number of ether oxygens (including phenoxy) is 1. The number of primary amides is 1. The van der Waals surface area contributed by atoms with Crippen molar-refractivity contribution in [3.63, 3.8) is 0 Å². The first-order chi connectivity index (χ1) is 9.58. The summed E-state index contributed by atoms with van der Waals surface area (Å²) in [7, 11) is 0. The van der Waals surface area contributed by atoms with Gasteiger partial charge in [0, 0.05) is 11.5 Å². The molecule has 0 spiro atoms. The molecule has 0 aliphatic carbocycles. The highest BCUT2D eigenvalue weighted by molar-refractivity contribution is 7.12. The highest BCUT2D eigenvalue weighted by Gasteiger charge is 2.12. The zero-order valence-corrected chi connectivity index (χ0v) is 11.9. The highest BCUT2D eigenvalue weighted by atomic mass is 32.1. The van der Waals surface area contributed by atoms with E-state index in [0.29, 0.717) is 5.56 Å². The summed E-state index contributed by atoms with van der Waals surface area (Å²) in [5.74, 6) is 0.0565. The summed E-state index contributed by atoms with van der Waals surface area (Å²) in [6, 6.07) is 11.0. The quantitative estimate of drug-likeness (QED) is 0.859. The molecule has 4 nitrogen and oxygen atoms in total. The zero-order valence-electron chi connectivity index (χ0n) is 11.0. The number of nitrogens with two attached hydrogens (primary N) is 1. The first kappa shape index (κ1) is 14.3. The van der Waals surface area contributed by atoms with E-state index in [-0.39, 0.29) is 18.3 Å². The van der Waals surface area contributed by atoms with Gasteiger partial charge in [-0.15, -0.1) is 11.3 Å². The average molecular weight is 289 g/mol. The maximum Gasteiger partial charge on any atom is 0.404 e. The number of carbonyl (C=O) groups is 2. The maximum atomic E-state index is 12.1. The predicted molar refractivity (Wildman–Crippen MR) is 78.1 cm³/mol. The Bertz CT molecular complexity index is 590. The van der Waals surface area contributed by atoms with Crippen LogP contribution in [0.25, 0.3) is 0 Å². The van der Waals surface area contributed by atoms with Gasteiger partial charge in [-0.1, -0.05) is 37.3 Å². The Kier molecular flexibility index (Phi) is 4.53. The molecule has 1 atom stereocenters. The van der Waals surface area contributed by atoms with Crippen LogP contribution in [0.1, 0.15) is 33.6 Å². The van der Waals surface area contributed by atoms with Crippen LogP contribution in [0.2, 0.25) is 0 Å². The molecule has 0 saturated carbocycles. The van der Waals surface area contributed by atoms with E-state index < -0.39 is 6.09 Å². The third-order valence-electron chi connectivity index (χ3n) is 2.96. The van der Waals surface area contributed by atoms with Gasteiger partial charge >= 0.3 is 6.09 Å². The van der Waals surface area contributed by atoms with Gasteiger partial charge < -0.3 is 10.5 Å². The minimum absolute atomic E-state index is 0.0209. The Morgan fingerprint density at radius 2 is 1.95 bits per heavy atom. The standard InChI is InChI=1S/C15H15NO3S/c1-10(9-19-15(16)18)11-4-6-12(7-5-11)14(17)13-3-2-8-20-13/h2-8,10H,9H2,1H3,(H2,16,18). The molecule has 0 fully saturated rings. The molecule has 0 saturated heterocycles. The van der Waals surface area contributed by atoms with Gasteiger partial charge in [0.1, 0.15) is 0 Å². The van der Waals surface area contributed by atoms with Crippen molar-refractivity contribution in [1.29, 1.82) is 0 Å². The first-order valence-corrected chi connectivity index (χ1v) is 7.06. The number of thiophene rings is 1. The average Bonchev–Trinajstić information content (AvgIpc) is 2.98. The van der Waals surface area contributed by atoms with Crippen molar-refractivity contribution in [2.24, 2.45) is 5.73 Å². The summed E-state index contributed by atoms with van der Waals surface area (Å²) in [6.45, 7) is 2.16. The molecular weight excluding hydrogens is 274 g/mol. The highest BCUT2D eigenvalue weighted by Crippen LogP contribution is 2.19. The molecule has 0 radical (unpaired) electrons. The summed E-state index contributed by atoms with van der Waals surface area (Å²) >= 11 is 1.43. The molecule has 0 bridgehead atoms. The van der Waals surface area contributed by atoms with Crippen molar-refractivity contribution in [3.05, 3.63) is 57.8 Å². The smallest absolute Gasteiger partial charge is 0.404 e. The Labute approximate surface area is 121 Å². The molecule has 2 rings (SSSR count). The molecule has 1 heterocycles. The van der Waals surface area contributed by atoms with E-state index in [1.165, 1.54) is 11.3 Å². The van der Waals surface area contributed by atoms with Gasteiger partial charge in [0.2, 0.25) is 5.78 Å². The van der Waals surface area contributed by atoms with Crippen molar-refractivity contribution in [1.82, 2.24) is 0 Å². The van der Waals surface area contributed by atoms with Gasteiger partial charge in [-0.25, -0.2) is 4.79 Å². The van der Waals surface area contributed by atoms with E-state index in [1.807, 2.05) is 36.6 Å². The van der Waals surface area contributed by atoms with Crippen LogP contribution in [0.3, 0.4) is 0 Å². The number of hydrogen-bond donors (Lipinski definition) is 1. The van der Waals surface area contributed by atoms with Crippen molar-refractivity contribution < 1.29 is 14.3 Å². The summed E-state index contributed by atoms with van der Waals surface area (Å²) < 4.78 is 4.77. The van der Waals surface area contributed by atoms with E-state index in [1.54, 1.807) is 12.1 Å². The number of carbonyl (C=O) groups excluding carboxylic acids is 2. The normalized spacial score (nSPS) is 11.8. The fraction of sp³-hybridized carbons (Fsp3) is 0.200. The predicted octanol–water partition coefficient (Wildman–Crippen LogP) is 3.18. The van der Waals surface area contributed by atoms with E-state index in [2.05, 4.69) is 0 Å². The molecular formula is C15H15NO3S. The second kappa shape index (κ2) is 6.34. The van der Waals surface area contributed by atoms with E-state index >= 15 is 0 Å². The van der Waals surface area contributed by atoms with Gasteiger partial charge in [0.25, 0.3) is 0 Å². The molecule has 5 heteroatoms. The van der Waals surface area contributed by atoms with Crippen molar-refractivity contribution in [2.75, 3.05) is 6.61 Å². The number of ketones is 1. The van der Waals surface area contributed by atoms with E-state index in [4.69, 9.17) is 10.5 Å². The third-order valence-corrected chi connectivity index (χ3v) is 3.83. The van der Waals surface area contributed by atoms with Crippen LogP contribution >= 0.6 is 11.3 Å². The van der Waals surface area contributed by atoms with Crippen LogP contribution in [0.5, 0.6) is 0 Å². The zero-order chi connectivity index (χ0) is 14.5. The maximum absolute atomic E-state index is 12.1. The lowest BCUT2D eigenvalue weighted by molar-refractivity contribution is 0.104. The Hall–Kier alpha value is -2.14. The topological polar surface area (TPSA) is 69.4 Å². The fourth-order valence-electron chi connectivity index (χ4n) is 1.82. The van der Waals surface area contributed by atoms with Gasteiger partial charge in [-0.05, 0) is 17.0 Å². The minimum Gasteiger partial charge on any atom is -0.449 e. The van der Waals surface area contributed by atoms with E-state index in [0.717, 1.165) is 10.4 Å². The largest absolute Gasteiger partial charge is 0.449 e. The first-order valence-electron chi connectivity index (χ1n) is 6.18. The van der Waals surface area contributed by atoms with Gasteiger partial charge in [-0.3, -0.25) is 4.79 Å². The van der Waals surface area contributed by atoms with Crippen molar-refractivity contribution in [3.8, 4) is 0 Å². The summed E-state index contributed by atoms with van der Waals surface area (Å²) in [4.78, 5) is 23.4. The van der Waals surface area contributed by atoms with Gasteiger partial charge in [-0.2, -0.15) is 0 Å². The lowest BCUT2D eigenvalue weighted by atomic mass is 9.99. The molecule has 1 unspecified atom stereocenters. The third kappa shape index (κ3) is 3.45. The summed E-state index contributed by atoms with van der Waals surface area (Å²) in [5, 5.41) is 1.88. The van der Waals surface area contributed by atoms with Crippen molar-refractivity contribution in [2.45, 2.75) is 12.8 Å². The minimum atomic E-state index is -0.777. The van der Waals surface area contributed by atoms with Gasteiger partial charge in [0.15, 0.2) is 0 Å². The van der Waals surface area contributed by atoms with Crippen LogP contribution in [0.4, 0.5) is 4.79 Å². The van der Waals surface area contributed by atoms with Crippen molar-refractivity contribution >= 4 is 23.2 Å². The second-order valence-corrected chi connectivity index (χ2v) is 5.41. The van der Waals surface area contributed by atoms with Crippen LogP contribution in [-0.2, 0) is 4.74 Å². The Morgan fingerprint density at radius 1 is 1.25 bits per heavy atom. The fourth-order valence-corrected chi connectivity index (χ4v) is 2.50. The van der Waals surface area contributed by atoms with Crippen LogP contribution in [0.15, 0.2) is 41.8 Å². The molecule has 0 aliphatic heterocycles. The number of hydrogen-bond acceptors (Lipinski definition) is 4. The molecule has 0 aliphatic rings. The van der Waals surface area contributed by atoms with Gasteiger partial charge in [0.05, 0.1) is 11.5 Å². The number of amides is 1. The molecule has 2 N–H and O–H groups in total. The summed E-state index contributed by atoms with van der Waals surface area (Å²) in [5.41, 5.74) is 6.58. The lowest BCUT2D eigenvalue weighted by Gasteiger charge is -2.11. The van der Waals surface area contributed by atoms with E-state index in [9.17, 15) is 9.59 Å². The monoisotopic (exact) mass is 289 g/mol. The SMILES string of the molecule is CC(COC(N)=O)c1ccc(C(=O)c2cccs2)cc1. The van der Waals surface area contributed by atoms with Crippen LogP contribution in [0, 0.1) is 0 Å². The molecule has 1 aromatic carbocycles. The Balaban J connectivity index is 2.06. The molecule has 1 aromatic heterocycles. The molecule has 20 heavy (non-hydrogen) atoms. The molecule has 2 aromatic rings. The van der Waals surface area contributed by atoms with Crippen LogP contribution < -0.4 is 5.73 Å². The number of rotatable bonds is 5. The molecule has 1 amide bonds. The summed E-state index contributed by atoms with van der Waals surface area (Å²) in [6.07, 6.45) is -0.777. The second-order valence-electron chi connectivity index (χ2n) is 4.46. The molecule has 104 valence electrons. The Morgan fingerprint density at radius 3 is 2.50 bits per heavy atom.